The van der Waals surface area contributed by atoms with Crippen molar-refractivity contribution >= 4 is 16.7 Å². The molecule has 3 rings (SSSR count). The molecule has 0 bridgehead atoms. The van der Waals surface area contributed by atoms with Gasteiger partial charge < -0.3 is 10.3 Å². The predicted octanol–water partition coefficient (Wildman–Crippen LogP) is 1.92. The average Bonchev–Trinajstić information content (AvgIpc) is 2.61. The molecule has 2 aromatic heterocycles. The van der Waals surface area contributed by atoms with Crippen molar-refractivity contribution in [2.24, 2.45) is 0 Å². The number of anilines is 1. The van der Waals surface area contributed by atoms with Gasteiger partial charge in [0, 0.05) is 18.1 Å². The van der Waals surface area contributed by atoms with Gasteiger partial charge in [-0.25, -0.2) is 4.98 Å². The van der Waals surface area contributed by atoms with Crippen LogP contribution in [-0.4, -0.2) is 16.5 Å². The maximum atomic E-state index is 4.56. The van der Waals surface area contributed by atoms with Crippen molar-refractivity contribution in [3.8, 4) is 0 Å². The summed E-state index contributed by atoms with van der Waals surface area (Å²) < 4.78 is 0. The van der Waals surface area contributed by atoms with Crippen molar-refractivity contribution in [3.05, 3.63) is 24.0 Å². The number of aromatic nitrogens is 2. The minimum Gasteiger partial charge on any atom is -0.384 e. The molecule has 2 N–H and O–H groups in total. The Labute approximate surface area is 76.2 Å². The summed E-state index contributed by atoms with van der Waals surface area (Å²) in [6, 6.07) is 4.23. The summed E-state index contributed by atoms with van der Waals surface area (Å²) in [4.78, 5) is 7.69. The molecule has 3 heterocycles. The van der Waals surface area contributed by atoms with E-state index in [1.54, 1.807) is 0 Å². The van der Waals surface area contributed by atoms with E-state index in [-0.39, 0.29) is 0 Å². The Morgan fingerprint density at radius 2 is 2.38 bits per heavy atom. The second kappa shape index (κ2) is 2.49. The zero-order valence-corrected chi connectivity index (χ0v) is 7.30. The second-order valence-corrected chi connectivity index (χ2v) is 3.43. The number of nitrogens with one attached hydrogen (secondary N) is 2. The lowest BCUT2D eigenvalue weighted by Gasteiger charge is -2.16. The topological polar surface area (TPSA) is 40.7 Å². The Morgan fingerprint density at radius 3 is 3.38 bits per heavy atom. The third-order valence-electron chi connectivity index (χ3n) is 2.52. The molecule has 0 aliphatic carbocycles. The van der Waals surface area contributed by atoms with Crippen LogP contribution in [-0.2, 0) is 6.42 Å². The molecule has 0 aromatic carbocycles. The molecule has 0 spiro atoms. The van der Waals surface area contributed by atoms with Gasteiger partial charge >= 0.3 is 0 Å². The van der Waals surface area contributed by atoms with Crippen LogP contribution in [0.15, 0.2) is 18.3 Å². The first-order valence-electron chi connectivity index (χ1n) is 4.64. The maximum Gasteiger partial charge on any atom is 0.137 e. The first-order valence-corrected chi connectivity index (χ1v) is 4.64. The Bertz CT molecular complexity index is 404. The molecule has 3 nitrogen and oxygen atoms in total. The smallest absolute Gasteiger partial charge is 0.137 e. The second-order valence-electron chi connectivity index (χ2n) is 3.43. The summed E-state index contributed by atoms with van der Waals surface area (Å²) in [5.74, 6) is 0. The normalized spacial score (nSPS) is 15.4. The van der Waals surface area contributed by atoms with Gasteiger partial charge in [-0.3, -0.25) is 0 Å². The molecule has 0 saturated carbocycles. The Hall–Kier alpha value is -1.51. The van der Waals surface area contributed by atoms with Crippen LogP contribution < -0.4 is 5.32 Å². The van der Waals surface area contributed by atoms with Crippen molar-refractivity contribution in [1.82, 2.24) is 9.97 Å². The largest absolute Gasteiger partial charge is 0.384 e. The average molecular weight is 173 g/mol. The Morgan fingerprint density at radius 1 is 1.38 bits per heavy atom. The zero-order chi connectivity index (χ0) is 8.67. The highest BCUT2D eigenvalue weighted by atomic mass is 14.9. The summed E-state index contributed by atoms with van der Waals surface area (Å²) in [5.41, 5.74) is 3.40. The fourth-order valence-electron chi connectivity index (χ4n) is 1.84. The number of aryl methyl sites for hydroxylation is 1. The van der Waals surface area contributed by atoms with Crippen molar-refractivity contribution in [3.63, 3.8) is 0 Å². The lowest BCUT2D eigenvalue weighted by molar-refractivity contribution is 0.806. The number of fused-ring (bicyclic) bond motifs is 2. The zero-order valence-electron chi connectivity index (χ0n) is 7.30. The monoisotopic (exact) mass is 173 g/mol. The first-order chi connectivity index (χ1) is 6.43. The summed E-state index contributed by atoms with van der Waals surface area (Å²) >= 11 is 0. The number of H-pyrrole nitrogens is 1. The molecule has 1 aliphatic heterocycles. The highest BCUT2D eigenvalue weighted by Gasteiger charge is 2.10. The molecular weight excluding hydrogens is 162 g/mol. The van der Waals surface area contributed by atoms with Gasteiger partial charge in [-0.05, 0) is 25.0 Å². The lowest BCUT2D eigenvalue weighted by Crippen LogP contribution is -2.12. The van der Waals surface area contributed by atoms with Crippen LogP contribution >= 0.6 is 0 Å². The minimum absolute atomic E-state index is 1.00. The summed E-state index contributed by atoms with van der Waals surface area (Å²) in [7, 11) is 0. The Balaban J connectivity index is 2.28. The van der Waals surface area contributed by atoms with Gasteiger partial charge in [0.1, 0.15) is 5.65 Å². The molecule has 2 aromatic rings. The van der Waals surface area contributed by atoms with Crippen LogP contribution in [0.2, 0.25) is 0 Å². The highest BCUT2D eigenvalue weighted by molar-refractivity contribution is 5.80. The quantitative estimate of drug-likeness (QED) is 0.639. The molecule has 1 aliphatic rings. The molecule has 66 valence electrons. The standard InChI is InChI=1S/C10H11N3/c1-2-8-9(11-4-1)6-7-3-5-12-10(7)13-8/h3,5-6,11H,1-2,4H2,(H,12,13). The third-order valence-corrected chi connectivity index (χ3v) is 2.52. The maximum absolute atomic E-state index is 4.56. The number of rotatable bonds is 0. The minimum atomic E-state index is 1.00. The van der Waals surface area contributed by atoms with E-state index < -0.39 is 0 Å². The highest BCUT2D eigenvalue weighted by Crippen LogP contribution is 2.23. The van der Waals surface area contributed by atoms with Crippen molar-refractivity contribution in [2.75, 3.05) is 11.9 Å². The van der Waals surface area contributed by atoms with E-state index in [2.05, 4.69) is 27.4 Å². The van der Waals surface area contributed by atoms with E-state index in [9.17, 15) is 0 Å². The molecule has 0 saturated heterocycles. The van der Waals surface area contributed by atoms with Crippen LogP contribution in [0.4, 0.5) is 5.69 Å². The van der Waals surface area contributed by atoms with Gasteiger partial charge in [-0.2, -0.15) is 0 Å². The fourth-order valence-corrected chi connectivity index (χ4v) is 1.84. The number of hydrogen-bond acceptors (Lipinski definition) is 2. The van der Waals surface area contributed by atoms with Crippen molar-refractivity contribution in [2.45, 2.75) is 12.8 Å². The molecule has 0 radical (unpaired) electrons. The van der Waals surface area contributed by atoms with E-state index >= 15 is 0 Å². The Kier molecular flexibility index (Phi) is 1.33. The molecular formula is C10H11N3. The van der Waals surface area contributed by atoms with E-state index in [1.165, 1.54) is 23.2 Å². The van der Waals surface area contributed by atoms with E-state index in [0.29, 0.717) is 0 Å². The molecule has 0 unspecified atom stereocenters. The number of nitrogens with zero attached hydrogens (tertiary/aromatic N) is 1. The van der Waals surface area contributed by atoms with Crippen LogP contribution in [0.1, 0.15) is 12.1 Å². The van der Waals surface area contributed by atoms with Crippen molar-refractivity contribution < 1.29 is 0 Å². The predicted molar refractivity (Wildman–Crippen MR) is 52.9 cm³/mol. The molecule has 0 fully saturated rings. The van der Waals surface area contributed by atoms with Crippen LogP contribution in [0.3, 0.4) is 0 Å². The van der Waals surface area contributed by atoms with E-state index in [4.69, 9.17) is 0 Å². The van der Waals surface area contributed by atoms with Crippen LogP contribution in [0.25, 0.3) is 11.0 Å². The summed E-state index contributed by atoms with van der Waals surface area (Å²) in [6.07, 6.45) is 4.21. The van der Waals surface area contributed by atoms with Gasteiger partial charge in [-0.15, -0.1) is 0 Å². The SMILES string of the molecule is c1cc2cc3c(nc2[nH]1)CCCN3. The number of aromatic amines is 1. The van der Waals surface area contributed by atoms with Gasteiger partial charge in [0.05, 0.1) is 11.4 Å². The van der Waals surface area contributed by atoms with Gasteiger partial charge in [-0.1, -0.05) is 0 Å². The lowest BCUT2D eigenvalue weighted by atomic mass is 10.1. The summed E-state index contributed by atoms with van der Waals surface area (Å²) in [5, 5.41) is 4.56. The molecule has 0 atom stereocenters. The third kappa shape index (κ3) is 1.00. The molecule has 13 heavy (non-hydrogen) atoms. The molecule has 3 heteroatoms. The number of pyridine rings is 1. The van der Waals surface area contributed by atoms with Crippen LogP contribution in [0, 0.1) is 0 Å². The number of hydrogen-bond donors (Lipinski definition) is 2. The van der Waals surface area contributed by atoms with E-state index in [0.717, 1.165) is 18.6 Å². The van der Waals surface area contributed by atoms with E-state index in [1.807, 2.05) is 6.20 Å². The van der Waals surface area contributed by atoms with Gasteiger partial charge in [0.2, 0.25) is 0 Å². The van der Waals surface area contributed by atoms with Gasteiger partial charge in [0.25, 0.3) is 0 Å². The fraction of sp³-hybridized carbons (Fsp3) is 0.300. The molecule has 0 amide bonds. The van der Waals surface area contributed by atoms with Crippen molar-refractivity contribution in [1.29, 1.82) is 0 Å². The first kappa shape index (κ1) is 6.95. The van der Waals surface area contributed by atoms with Crippen LogP contribution in [0.5, 0.6) is 0 Å². The summed E-state index contributed by atoms with van der Waals surface area (Å²) in [6.45, 7) is 1.07. The van der Waals surface area contributed by atoms with Gasteiger partial charge in [0.15, 0.2) is 0 Å².